The molecule has 0 spiro atoms. The van der Waals surface area contributed by atoms with Gasteiger partial charge in [-0.15, -0.1) is 0 Å². The number of carbonyl (C=O) groups excluding carboxylic acids is 1. The number of ketones is 1. The normalized spacial score (nSPS) is 14.7. The van der Waals surface area contributed by atoms with Gasteiger partial charge in [-0.2, -0.15) is 0 Å². The molecule has 118 valence electrons. The van der Waals surface area contributed by atoms with Gasteiger partial charge in [0, 0.05) is 6.07 Å². The second kappa shape index (κ2) is 5.96. The monoisotopic (exact) mass is 376 g/mol. The number of fused-ring (bicyclic) bond motifs is 1. The quantitative estimate of drug-likeness (QED) is 0.795. The molecule has 0 unspecified atom stereocenters. The molecular formula is C17H13BrO5. The third-order valence-corrected chi connectivity index (χ3v) is 3.91. The van der Waals surface area contributed by atoms with Crippen LogP contribution in [0.3, 0.4) is 0 Å². The Morgan fingerprint density at radius 1 is 1.26 bits per heavy atom. The van der Waals surface area contributed by atoms with Crippen molar-refractivity contribution >= 4 is 27.8 Å². The molecular weight excluding hydrogens is 364 g/mol. The second-order valence-corrected chi connectivity index (χ2v) is 5.76. The summed E-state index contributed by atoms with van der Waals surface area (Å²) in [6, 6.07) is 7.63. The summed E-state index contributed by atoms with van der Waals surface area (Å²) in [6.45, 7) is 2.21. The van der Waals surface area contributed by atoms with Crippen LogP contribution >= 0.6 is 15.9 Å². The van der Waals surface area contributed by atoms with Crippen LogP contribution < -0.4 is 9.47 Å². The highest BCUT2D eigenvalue weighted by Crippen LogP contribution is 2.38. The summed E-state index contributed by atoms with van der Waals surface area (Å²) in [6.07, 6.45) is 1.56. The Kier molecular flexibility index (Phi) is 4.00. The fourth-order valence-corrected chi connectivity index (χ4v) is 2.73. The van der Waals surface area contributed by atoms with Crippen LogP contribution in [-0.4, -0.2) is 22.6 Å². The third kappa shape index (κ3) is 2.90. The summed E-state index contributed by atoms with van der Waals surface area (Å²) in [4.78, 5) is 12.3. The number of carbonyl (C=O) groups is 1. The average Bonchev–Trinajstić information content (AvgIpc) is 2.80. The first kappa shape index (κ1) is 15.4. The van der Waals surface area contributed by atoms with Crippen LogP contribution in [0.25, 0.3) is 6.08 Å². The lowest BCUT2D eigenvalue weighted by Crippen LogP contribution is -1.98. The predicted molar refractivity (Wildman–Crippen MR) is 88.0 cm³/mol. The Morgan fingerprint density at radius 2 is 2.04 bits per heavy atom. The summed E-state index contributed by atoms with van der Waals surface area (Å²) in [7, 11) is 0. The van der Waals surface area contributed by atoms with Crippen LogP contribution in [0.5, 0.6) is 23.0 Å². The zero-order chi connectivity index (χ0) is 16.6. The van der Waals surface area contributed by atoms with E-state index in [1.54, 1.807) is 18.2 Å². The van der Waals surface area contributed by atoms with Crippen molar-refractivity contribution in [1.29, 1.82) is 0 Å². The largest absolute Gasteiger partial charge is 0.508 e. The Labute approximate surface area is 140 Å². The van der Waals surface area contributed by atoms with Crippen LogP contribution in [0.1, 0.15) is 22.8 Å². The number of rotatable bonds is 3. The Balaban J connectivity index is 1.99. The zero-order valence-corrected chi connectivity index (χ0v) is 13.8. The van der Waals surface area contributed by atoms with E-state index in [0.717, 1.165) is 0 Å². The fourth-order valence-electron chi connectivity index (χ4n) is 2.27. The maximum Gasteiger partial charge on any atom is 0.231 e. The number of allylic oxidation sites excluding steroid dienone is 1. The summed E-state index contributed by atoms with van der Waals surface area (Å²) < 4.78 is 11.3. The molecule has 0 atom stereocenters. The Morgan fingerprint density at radius 3 is 2.78 bits per heavy atom. The molecule has 0 bridgehead atoms. The van der Waals surface area contributed by atoms with E-state index in [-0.39, 0.29) is 23.0 Å². The van der Waals surface area contributed by atoms with Crippen molar-refractivity contribution in [3.63, 3.8) is 0 Å². The molecule has 1 aliphatic heterocycles. The first-order chi connectivity index (χ1) is 11.0. The maximum absolute atomic E-state index is 12.3. The molecule has 2 aromatic rings. The van der Waals surface area contributed by atoms with E-state index < -0.39 is 0 Å². The highest BCUT2D eigenvalue weighted by Gasteiger charge is 2.27. The van der Waals surface area contributed by atoms with E-state index in [4.69, 9.17) is 9.47 Å². The van der Waals surface area contributed by atoms with Crippen LogP contribution in [0.4, 0.5) is 0 Å². The molecule has 1 aliphatic rings. The molecule has 0 fully saturated rings. The lowest BCUT2D eigenvalue weighted by molar-refractivity contribution is 0.101. The van der Waals surface area contributed by atoms with E-state index in [1.165, 1.54) is 18.2 Å². The molecule has 5 nitrogen and oxygen atoms in total. The van der Waals surface area contributed by atoms with E-state index in [2.05, 4.69) is 15.9 Å². The van der Waals surface area contributed by atoms with Crippen LogP contribution in [0.15, 0.2) is 40.6 Å². The van der Waals surface area contributed by atoms with Crippen LogP contribution in [-0.2, 0) is 0 Å². The van der Waals surface area contributed by atoms with Crippen molar-refractivity contribution in [2.75, 3.05) is 6.61 Å². The Hall–Kier alpha value is -2.47. The molecule has 0 radical (unpaired) electrons. The highest BCUT2D eigenvalue weighted by atomic mass is 79.9. The molecule has 1 heterocycles. The van der Waals surface area contributed by atoms with Gasteiger partial charge < -0.3 is 19.7 Å². The minimum absolute atomic E-state index is 0.000810. The molecule has 3 rings (SSSR count). The zero-order valence-electron chi connectivity index (χ0n) is 12.2. The van der Waals surface area contributed by atoms with Gasteiger partial charge in [0.15, 0.2) is 17.3 Å². The molecule has 6 heteroatoms. The lowest BCUT2D eigenvalue weighted by Gasteiger charge is -2.09. The van der Waals surface area contributed by atoms with Gasteiger partial charge in [0.1, 0.15) is 11.5 Å². The SMILES string of the molecule is CCOc1cc(/C=C2\Oc3cc(O)ccc3C2=O)cc(Br)c1O. The van der Waals surface area contributed by atoms with Gasteiger partial charge in [0.2, 0.25) is 5.78 Å². The number of hydrogen-bond acceptors (Lipinski definition) is 5. The third-order valence-electron chi connectivity index (χ3n) is 3.30. The fraction of sp³-hybridized carbons (Fsp3) is 0.118. The van der Waals surface area contributed by atoms with Gasteiger partial charge in [-0.1, -0.05) is 0 Å². The van der Waals surface area contributed by atoms with Gasteiger partial charge >= 0.3 is 0 Å². The van der Waals surface area contributed by atoms with Crippen molar-refractivity contribution in [3.8, 4) is 23.0 Å². The number of ether oxygens (including phenoxy) is 2. The molecule has 0 saturated carbocycles. The number of Topliss-reactive ketones (excluding diaryl/α,β-unsaturated/α-hetero) is 1. The summed E-state index contributed by atoms with van der Waals surface area (Å²) in [5.41, 5.74) is 1.04. The minimum atomic E-state index is -0.262. The number of halogens is 1. The number of benzene rings is 2. The smallest absolute Gasteiger partial charge is 0.231 e. The molecule has 23 heavy (non-hydrogen) atoms. The van der Waals surface area contributed by atoms with Crippen molar-refractivity contribution in [3.05, 3.63) is 51.7 Å². The molecule has 0 aromatic heterocycles. The standard InChI is InChI=1S/C17H13BrO5/c1-2-22-14-6-9(5-12(18)17(14)21)7-15-16(20)11-4-3-10(19)8-13(11)23-15/h3-8,19,21H,2H2,1H3/b15-7-. The summed E-state index contributed by atoms with van der Waals surface area (Å²) >= 11 is 3.25. The van der Waals surface area contributed by atoms with Crippen molar-refractivity contribution in [1.82, 2.24) is 0 Å². The van der Waals surface area contributed by atoms with E-state index in [0.29, 0.717) is 33.7 Å². The van der Waals surface area contributed by atoms with Crippen molar-refractivity contribution in [2.45, 2.75) is 6.92 Å². The van der Waals surface area contributed by atoms with Crippen LogP contribution in [0, 0.1) is 0 Å². The lowest BCUT2D eigenvalue weighted by atomic mass is 10.1. The van der Waals surface area contributed by atoms with Crippen molar-refractivity contribution < 1.29 is 24.5 Å². The van der Waals surface area contributed by atoms with Gasteiger partial charge in [-0.05, 0) is 58.8 Å². The average molecular weight is 377 g/mol. The topological polar surface area (TPSA) is 76.0 Å². The van der Waals surface area contributed by atoms with Gasteiger partial charge in [0.25, 0.3) is 0 Å². The first-order valence-corrected chi connectivity index (χ1v) is 7.71. The molecule has 0 saturated heterocycles. The predicted octanol–water partition coefficient (Wildman–Crippen LogP) is 3.88. The maximum atomic E-state index is 12.3. The van der Waals surface area contributed by atoms with Crippen molar-refractivity contribution in [2.24, 2.45) is 0 Å². The van der Waals surface area contributed by atoms with E-state index in [1.807, 2.05) is 6.92 Å². The molecule has 0 aliphatic carbocycles. The summed E-state index contributed by atoms with van der Waals surface area (Å²) in [5, 5.41) is 19.4. The Bertz CT molecular complexity index is 826. The van der Waals surface area contributed by atoms with Gasteiger partial charge in [-0.25, -0.2) is 0 Å². The molecule has 2 N–H and O–H groups in total. The first-order valence-electron chi connectivity index (χ1n) is 6.92. The van der Waals surface area contributed by atoms with E-state index in [9.17, 15) is 15.0 Å². The highest BCUT2D eigenvalue weighted by molar-refractivity contribution is 9.10. The van der Waals surface area contributed by atoms with Gasteiger partial charge in [-0.3, -0.25) is 4.79 Å². The summed E-state index contributed by atoms with van der Waals surface area (Å²) in [5.74, 6) is 0.552. The van der Waals surface area contributed by atoms with Gasteiger partial charge in [0.05, 0.1) is 16.6 Å². The second-order valence-electron chi connectivity index (χ2n) is 4.90. The number of phenolic OH excluding ortho intramolecular Hbond substituents is 2. The number of phenols is 2. The number of hydrogen-bond donors (Lipinski definition) is 2. The minimum Gasteiger partial charge on any atom is -0.508 e. The van der Waals surface area contributed by atoms with Crippen LogP contribution in [0.2, 0.25) is 0 Å². The molecule has 0 amide bonds. The van der Waals surface area contributed by atoms with E-state index >= 15 is 0 Å². The number of aromatic hydroxyl groups is 2. The molecule has 2 aromatic carbocycles.